The first-order valence-corrected chi connectivity index (χ1v) is 9.95. The van der Waals surface area contributed by atoms with E-state index in [0.717, 1.165) is 0 Å². The number of benzene rings is 1. The fourth-order valence-electron chi connectivity index (χ4n) is 2.32. The molecule has 1 aromatic rings. The van der Waals surface area contributed by atoms with E-state index in [1.807, 2.05) is 6.92 Å². The predicted octanol–water partition coefficient (Wildman–Crippen LogP) is 2.38. The maximum atomic E-state index is 12.2. The number of fused-ring (bicyclic) bond motifs is 1. The van der Waals surface area contributed by atoms with Crippen molar-refractivity contribution in [3.05, 3.63) is 30.9 Å². The number of hydrogen-bond donors (Lipinski definition) is 3. The summed E-state index contributed by atoms with van der Waals surface area (Å²) in [6, 6.07) is 4.67. The highest BCUT2D eigenvalue weighted by Gasteiger charge is 2.19. The molecule has 1 atom stereocenters. The number of nitrogens with one attached hydrogen (secondary N) is 3. The zero-order valence-electron chi connectivity index (χ0n) is 15.5. The number of imidazole rings is 1. The standard InChI is InChI=1S/C17H22N6O3S/c1-10(2)11(3)26-14-6-5-12(27(24,25)18-4)7-13(14)23-17-15-16(20-8-19-15)21-9-22-17/h5-11,18H,1-4H3,(H2,19,20,21,22,23). The number of sulfonamides is 1. The van der Waals surface area contributed by atoms with Crippen LogP contribution in [0.2, 0.25) is 0 Å². The monoisotopic (exact) mass is 390 g/mol. The number of nitrogens with zero attached hydrogens (tertiary/aromatic N) is 3. The summed E-state index contributed by atoms with van der Waals surface area (Å²) < 4.78 is 32.7. The molecule has 1 unspecified atom stereocenters. The number of aromatic nitrogens is 4. The van der Waals surface area contributed by atoms with E-state index in [1.165, 1.54) is 31.8 Å². The van der Waals surface area contributed by atoms with E-state index >= 15 is 0 Å². The summed E-state index contributed by atoms with van der Waals surface area (Å²) in [6.07, 6.45) is 2.85. The second-order valence-corrected chi connectivity index (χ2v) is 8.27. The lowest BCUT2D eigenvalue weighted by atomic mass is 10.1. The Labute approximate surface area is 158 Å². The second kappa shape index (κ2) is 7.49. The first-order valence-electron chi connectivity index (χ1n) is 8.47. The van der Waals surface area contributed by atoms with Crippen molar-refractivity contribution in [2.45, 2.75) is 31.8 Å². The fraction of sp³-hybridized carbons (Fsp3) is 0.353. The molecule has 0 amide bonds. The van der Waals surface area contributed by atoms with Gasteiger partial charge in [0.05, 0.1) is 23.0 Å². The van der Waals surface area contributed by atoms with Crippen molar-refractivity contribution in [3.63, 3.8) is 0 Å². The van der Waals surface area contributed by atoms with Gasteiger partial charge in [0, 0.05) is 0 Å². The minimum atomic E-state index is -3.60. The van der Waals surface area contributed by atoms with Crippen molar-refractivity contribution >= 4 is 21.5 Å². The molecule has 3 rings (SSSR count). The molecule has 9 nitrogen and oxygen atoms in total. The maximum absolute atomic E-state index is 12.2. The normalized spacial score (nSPS) is 13.1. The quantitative estimate of drug-likeness (QED) is 0.566. The molecule has 0 saturated carbocycles. The highest BCUT2D eigenvalue weighted by atomic mass is 32.2. The molecule has 0 bridgehead atoms. The summed E-state index contributed by atoms with van der Waals surface area (Å²) in [4.78, 5) is 15.4. The lowest BCUT2D eigenvalue weighted by molar-refractivity contribution is 0.171. The molecule has 1 aromatic carbocycles. The summed E-state index contributed by atoms with van der Waals surface area (Å²) in [7, 11) is -2.23. The molecule has 3 N–H and O–H groups in total. The van der Waals surface area contributed by atoms with Crippen molar-refractivity contribution in [3.8, 4) is 17.3 Å². The number of anilines is 2. The van der Waals surface area contributed by atoms with Crippen LogP contribution in [0, 0.1) is 5.92 Å². The van der Waals surface area contributed by atoms with E-state index in [9.17, 15) is 8.42 Å². The van der Waals surface area contributed by atoms with Gasteiger partial charge in [0.2, 0.25) is 10.0 Å². The van der Waals surface area contributed by atoms with E-state index in [1.54, 1.807) is 6.07 Å². The molecule has 0 aromatic heterocycles. The highest BCUT2D eigenvalue weighted by Crippen LogP contribution is 2.33. The van der Waals surface area contributed by atoms with Gasteiger partial charge in [-0.3, -0.25) is 0 Å². The van der Waals surface area contributed by atoms with Crippen LogP contribution < -0.4 is 14.8 Å². The van der Waals surface area contributed by atoms with Gasteiger partial charge in [-0.25, -0.2) is 28.1 Å². The van der Waals surface area contributed by atoms with Crippen LogP contribution in [0.4, 0.5) is 11.5 Å². The molecule has 2 aliphatic heterocycles. The Morgan fingerprint density at radius 3 is 2.63 bits per heavy atom. The highest BCUT2D eigenvalue weighted by molar-refractivity contribution is 7.89. The Kier molecular flexibility index (Phi) is 5.29. The van der Waals surface area contributed by atoms with Gasteiger partial charge in [-0.05, 0) is 38.1 Å². The molecule has 0 fully saturated rings. The van der Waals surface area contributed by atoms with Crippen LogP contribution in [0.1, 0.15) is 20.8 Å². The average molecular weight is 390 g/mol. The molecule has 2 aliphatic rings. The number of H-pyrrole nitrogens is 1. The molecular formula is C17H22N6O3S. The third-order valence-corrected chi connectivity index (χ3v) is 5.66. The minimum absolute atomic E-state index is 0.0579. The number of ether oxygens (including phenoxy) is 1. The Hall–Kier alpha value is -2.72. The van der Waals surface area contributed by atoms with Gasteiger partial charge in [0.25, 0.3) is 0 Å². The van der Waals surface area contributed by atoms with Crippen LogP contribution in [0.3, 0.4) is 0 Å². The zero-order valence-corrected chi connectivity index (χ0v) is 16.3. The molecule has 10 heteroatoms. The third-order valence-electron chi connectivity index (χ3n) is 4.25. The summed E-state index contributed by atoms with van der Waals surface area (Å²) in [6.45, 7) is 6.07. The number of rotatable bonds is 7. The van der Waals surface area contributed by atoms with Crippen molar-refractivity contribution in [2.24, 2.45) is 5.92 Å². The lowest BCUT2D eigenvalue weighted by Crippen LogP contribution is -2.20. The van der Waals surface area contributed by atoms with Gasteiger partial charge in [-0.2, -0.15) is 0 Å². The first kappa shape index (κ1) is 19.1. The van der Waals surface area contributed by atoms with E-state index in [0.29, 0.717) is 34.7 Å². The van der Waals surface area contributed by atoms with Crippen molar-refractivity contribution < 1.29 is 13.2 Å². The second-order valence-electron chi connectivity index (χ2n) is 6.38. The van der Waals surface area contributed by atoms with Gasteiger partial charge in [-0.15, -0.1) is 0 Å². The maximum Gasteiger partial charge on any atom is 0.240 e. The molecule has 2 heterocycles. The molecule has 144 valence electrons. The van der Waals surface area contributed by atoms with Gasteiger partial charge in [0.1, 0.15) is 17.9 Å². The molecule has 27 heavy (non-hydrogen) atoms. The van der Waals surface area contributed by atoms with Gasteiger partial charge < -0.3 is 15.0 Å². The average Bonchev–Trinajstić information content (AvgIpc) is 3.12. The molecule has 0 saturated heterocycles. The largest absolute Gasteiger partial charge is 0.488 e. The summed E-state index contributed by atoms with van der Waals surface area (Å²) in [5.41, 5.74) is 1.04. The van der Waals surface area contributed by atoms with E-state index in [4.69, 9.17) is 4.74 Å². The predicted molar refractivity (Wildman–Crippen MR) is 102 cm³/mol. The Morgan fingerprint density at radius 2 is 1.93 bits per heavy atom. The Morgan fingerprint density at radius 1 is 1.15 bits per heavy atom. The SMILES string of the molecule is CNS(=O)(=O)c1ccc(OC(C)C(C)C)c(Nc2[nH]cnc3ncnc2-3)c1. The number of hydrogen-bond acceptors (Lipinski definition) is 7. The molecule has 0 spiro atoms. The van der Waals surface area contributed by atoms with Crippen LogP contribution in [0.15, 0.2) is 35.7 Å². The Bertz CT molecular complexity index is 1000. The van der Waals surface area contributed by atoms with Gasteiger partial charge in [-0.1, -0.05) is 13.8 Å². The van der Waals surface area contributed by atoms with Gasteiger partial charge in [0.15, 0.2) is 11.5 Å². The molecule has 0 radical (unpaired) electrons. The topological polar surface area (TPSA) is 122 Å². The van der Waals surface area contributed by atoms with Crippen LogP contribution in [0.5, 0.6) is 5.75 Å². The van der Waals surface area contributed by atoms with Crippen LogP contribution >= 0.6 is 0 Å². The Balaban J connectivity index is 2.04. The van der Waals surface area contributed by atoms with Crippen molar-refractivity contribution in [1.82, 2.24) is 24.7 Å². The van der Waals surface area contributed by atoms with Crippen molar-refractivity contribution in [2.75, 3.05) is 12.4 Å². The van der Waals surface area contributed by atoms with Crippen molar-refractivity contribution in [1.29, 1.82) is 0 Å². The summed E-state index contributed by atoms with van der Waals surface area (Å²) >= 11 is 0. The van der Waals surface area contributed by atoms with Crippen LogP contribution in [-0.2, 0) is 10.0 Å². The van der Waals surface area contributed by atoms with Gasteiger partial charge >= 0.3 is 0 Å². The molecule has 0 aliphatic carbocycles. The summed E-state index contributed by atoms with van der Waals surface area (Å²) in [5.74, 6) is 1.84. The van der Waals surface area contributed by atoms with Crippen LogP contribution in [-0.4, -0.2) is 41.5 Å². The minimum Gasteiger partial charge on any atom is -0.488 e. The molecular weight excluding hydrogens is 368 g/mol. The summed E-state index contributed by atoms with van der Waals surface area (Å²) in [5, 5.41) is 3.17. The zero-order chi connectivity index (χ0) is 19.6. The first-order chi connectivity index (χ1) is 12.8. The van der Waals surface area contributed by atoms with E-state index < -0.39 is 10.0 Å². The smallest absolute Gasteiger partial charge is 0.240 e. The van der Waals surface area contributed by atoms with Crippen LogP contribution in [0.25, 0.3) is 11.5 Å². The third kappa shape index (κ3) is 4.01. The number of aromatic amines is 1. The van der Waals surface area contributed by atoms with E-state index in [-0.39, 0.29) is 11.0 Å². The lowest BCUT2D eigenvalue weighted by Gasteiger charge is -2.21. The van der Waals surface area contributed by atoms with E-state index in [2.05, 4.69) is 43.8 Å². The fourth-order valence-corrected chi connectivity index (χ4v) is 3.07.